The van der Waals surface area contributed by atoms with E-state index in [9.17, 15) is 9.18 Å². The number of carbonyl (C=O) groups excluding carboxylic acids is 1. The summed E-state index contributed by atoms with van der Waals surface area (Å²) in [5.74, 6) is -0.610. The lowest BCUT2D eigenvalue weighted by Crippen LogP contribution is -2.13. The third-order valence-corrected chi connectivity index (χ3v) is 3.18. The van der Waals surface area contributed by atoms with Gasteiger partial charge in [-0.1, -0.05) is 15.9 Å². The number of hydrogen-bond donors (Lipinski definition) is 1. The van der Waals surface area contributed by atoms with Crippen molar-refractivity contribution in [2.45, 2.75) is 19.4 Å². The molecule has 0 unspecified atom stereocenters. The minimum atomic E-state index is -0.437. The molecule has 2 rings (SSSR count). The van der Waals surface area contributed by atoms with E-state index in [1.165, 1.54) is 6.07 Å². The van der Waals surface area contributed by atoms with Crippen molar-refractivity contribution in [3.05, 3.63) is 53.0 Å². The first-order valence-corrected chi connectivity index (χ1v) is 6.80. The first kappa shape index (κ1) is 13.8. The highest BCUT2D eigenvalue weighted by molar-refractivity contribution is 9.10. The molecule has 0 aliphatic carbocycles. The standard InChI is InChI=1S/C14H14BrFN2O/c15-11-5-6-13(12(16)10-11)17-14(19)4-3-9-18-7-1-2-8-18/h1-2,5-8,10H,3-4,9H2,(H,17,19). The minimum absolute atomic E-state index is 0.173. The lowest BCUT2D eigenvalue weighted by atomic mass is 10.2. The molecule has 0 spiro atoms. The van der Waals surface area contributed by atoms with Gasteiger partial charge in [0.2, 0.25) is 5.91 Å². The number of rotatable bonds is 5. The average molecular weight is 325 g/mol. The zero-order chi connectivity index (χ0) is 13.7. The Kier molecular flexibility index (Phi) is 4.74. The molecule has 3 nitrogen and oxygen atoms in total. The minimum Gasteiger partial charge on any atom is -0.354 e. The van der Waals surface area contributed by atoms with E-state index in [-0.39, 0.29) is 11.6 Å². The molecule has 1 N–H and O–H groups in total. The molecule has 0 aliphatic heterocycles. The van der Waals surface area contributed by atoms with Crippen molar-refractivity contribution in [3.63, 3.8) is 0 Å². The third kappa shape index (κ3) is 4.21. The Morgan fingerprint density at radius 2 is 2.05 bits per heavy atom. The van der Waals surface area contributed by atoms with Crippen LogP contribution in [-0.2, 0) is 11.3 Å². The van der Waals surface area contributed by atoms with Crippen molar-refractivity contribution in [3.8, 4) is 0 Å². The number of hydrogen-bond acceptors (Lipinski definition) is 1. The van der Waals surface area contributed by atoms with E-state index in [0.29, 0.717) is 10.9 Å². The van der Waals surface area contributed by atoms with Crippen LogP contribution in [-0.4, -0.2) is 10.5 Å². The molecule has 1 amide bonds. The molecule has 1 aromatic carbocycles. The highest BCUT2D eigenvalue weighted by Gasteiger charge is 2.07. The van der Waals surface area contributed by atoms with Crippen LogP contribution >= 0.6 is 15.9 Å². The Hall–Kier alpha value is -1.62. The van der Waals surface area contributed by atoms with Gasteiger partial charge in [0.25, 0.3) is 0 Å². The van der Waals surface area contributed by atoms with Gasteiger partial charge in [0.05, 0.1) is 5.69 Å². The van der Waals surface area contributed by atoms with E-state index in [2.05, 4.69) is 21.2 Å². The van der Waals surface area contributed by atoms with Crippen LogP contribution in [0.5, 0.6) is 0 Å². The lowest BCUT2D eigenvalue weighted by Gasteiger charge is -2.07. The summed E-state index contributed by atoms with van der Waals surface area (Å²) >= 11 is 3.17. The summed E-state index contributed by atoms with van der Waals surface area (Å²) in [6, 6.07) is 8.45. The highest BCUT2D eigenvalue weighted by atomic mass is 79.9. The molecule has 0 saturated carbocycles. The molecule has 19 heavy (non-hydrogen) atoms. The number of anilines is 1. The second-order valence-electron chi connectivity index (χ2n) is 4.20. The van der Waals surface area contributed by atoms with Crippen LogP contribution in [0.1, 0.15) is 12.8 Å². The van der Waals surface area contributed by atoms with Crippen molar-refractivity contribution >= 4 is 27.5 Å². The molecule has 0 atom stereocenters. The number of amides is 1. The maximum atomic E-state index is 13.5. The summed E-state index contributed by atoms with van der Waals surface area (Å²) in [5.41, 5.74) is 0.217. The molecule has 1 aromatic heterocycles. The Morgan fingerprint density at radius 1 is 1.32 bits per heavy atom. The highest BCUT2D eigenvalue weighted by Crippen LogP contribution is 2.19. The van der Waals surface area contributed by atoms with Crippen LogP contribution < -0.4 is 5.32 Å². The van der Waals surface area contributed by atoms with E-state index in [4.69, 9.17) is 0 Å². The van der Waals surface area contributed by atoms with Gasteiger partial charge in [-0.2, -0.15) is 0 Å². The quantitative estimate of drug-likeness (QED) is 0.891. The van der Waals surface area contributed by atoms with Crippen LogP contribution in [0.4, 0.5) is 10.1 Å². The van der Waals surface area contributed by atoms with Gasteiger partial charge in [-0.15, -0.1) is 0 Å². The zero-order valence-corrected chi connectivity index (χ0v) is 11.9. The van der Waals surface area contributed by atoms with E-state index in [0.717, 1.165) is 13.0 Å². The van der Waals surface area contributed by atoms with E-state index in [1.807, 2.05) is 29.1 Å². The molecule has 0 aliphatic rings. The van der Waals surface area contributed by atoms with Crippen LogP contribution in [0.25, 0.3) is 0 Å². The molecule has 0 fully saturated rings. The Bertz CT molecular complexity index is 555. The normalized spacial score (nSPS) is 10.4. The molecular weight excluding hydrogens is 311 g/mol. The van der Waals surface area contributed by atoms with E-state index >= 15 is 0 Å². The molecule has 5 heteroatoms. The fourth-order valence-corrected chi connectivity index (χ4v) is 2.08. The van der Waals surface area contributed by atoms with Crippen molar-refractivity contribution in [2.24, 2.45) is 0 Å². The molecule has 0 saturated heterocycles. The number of carbonyl (C=O) groups is 1. The van der Waals surface area contributed by atoms with E-state index < -0.39 is 5.82 Å². The van der Waals surface area contributed by atoms with Crippen molar-refractivity contribution < 1.29 is 9.18 Å². The van der Waals surface area contributed by atoms with Gasteiger partial charge in [-0.25, -0.2) is 4.39 Å². The molecule has 100 valence electrons. The Labute approximate surface area is 119 Å². The molecule has 0 radical (unpaired) electrons. The Balaban J connectivity index is 1.80. The Morgan fingerprint density at radius 3 is 2.74 bits per heavy atom. The SMILES string of the molecule is O=C(CCCn1cccc1)Nc1ccc(Br)cc1F. The number of halogens is 2. The van der Waals surface area contributed by atoms with Gasteiger partial charge in [-0.3, -0.25) is 4.79 Å². The van der Waals surface area contributed by atoms with Crippen molar-refractivity contribution in [1.29, 1.82) is 0 Å². The molecule has 2 aromatic rings. The van der Waals surface area contributed by atoms with Gasteiger partial charge in [0, 0.05) is 29.8 Å². The maximum absolute atomic E-state index is 13.5. The molecule has 1 heterocycles. The zero-order valence-electron chi connectivity index (χ0n) is 10.3. The monoisotopic (exact) mass is 324 g/mol. The molecule has 0 bridgehead atoms. The van der Waals surface area contributed by atoms with E-state index in [1.54, 1.807) is 12.1 Å². The average Bonchev–Trinajstić information content (AvgIpc) is 2.86. The van der Waals surface area contributed by atoms with Gasteiger partial charge < -0.3 is 9.88 Å². The summed E-state index contributed by atoms with van der Waals surface area (Å²) < 4.78 is 16.2. The fraction of sp³-hybridized carbons (Fsp3) is 0.214. The predicted octanol–water partition coefficient (Wildman–Crippen LogP) is 3.81. The largest absolute Gasteiger partial charge is 0.354 e. The number of nitrogens with zero attached hydrogens (tertiary/aromatic N) is 1. The second-order valence-corrected chi connectivity index (χ2v) is 5.11. The third-order valence-electron chi connectivity index (χ3n) is 2.69. The van der Waals surface area contributed by atoms with Gasteiger partial charge in [0.1, 0.15) is 5.82 Å². The number of benzene rings is 1. The second kappa shape index (κ2) is 6.52. The van der Waals surface area contributed by atoms with Crippen molar-refractivity contribution in [1.82, 2.24) is 4.57 Å². The lowest BCUT2D eigenvalue weighted by molar-refractivity contribution is -0.116. The predicted molar refractivity (Wildman–Crippen MR) is 76.4 cm³/mol. The first-order valence-electron chi connectivity index (χ1n) is 6.01. The van der Waals surface area contributed by atoms with Crippen molar-refractivity contribution in [2.75, 3.05) is 5.32 Å². The summed E-state index contributed by atoms with van der Waals surface area (Å²) in [6.45, 7) is 0.781. The van der Waals surface area contributed by atoms with Gasteiger partial charge in [-0.05, 0) is 36.8 Å². The summed E-state index contributed by atoms with van der Waals surface area (Å²) in [4.78, 5) is 11.7. The maximum Gasteiger partial charge on any atom is 0.224 e. The fourth-order valence-electron chi connectivity index (χ4n) is 1.74. The van der Waals surface area contributed by atoms with Crippen LogP contribution in [0.15, 0.2) is 47.2 Å². The number of nitrogens with one attached hydrogen (secondary N) is 1. The van der Waals surface area contributed by atoms with Crippen LogP contribution in [0.2, 0.25) is 0 Å². The summed E-state index contributed by atoms with van der Waals surface area (Å²) in [6.07, 6.45) is 4.99. The topological polar surface area (TPSA) is 34.0 Å². The van der Waals surface area contributed by atoms with Gasteiger partial charge >= 0.3 is 0 Å². The van der Waals surface area contributed by atoms with Crippen LogP contribution in [0.3, 0.4) is 0 Å². The van der Waals surface area contributed by atoms with Crippen LogP contribution in [0, 0.1) is 5.82 Å². The summed E-state index contributed by atoms with van der Waals surface area (Å²) in [7, 11) is 0. The summed E-state index contributed by atoms with van der Waals surface area (Å²) in [5, 5.41) is 2.57. The van der Waals surface area contributed by atoms with Gasteiger partial charge in [0.15, 0.2) is 0 Å². The number of aromatic nitrogens is 1. The molecular formula is C14H14BrFN2O. The number of aryl methyl sites for hydroxylation is 1. The first-order chi connectivity index (χ1) is 9.15. The smallest absolute Gasteiger partial charge is 0.224 e.